The first kappa shape index (κ1) is 19.6. The summed E-state index contributed by atoms with van der Waals surface area (Å²) in [6.45, 7) is 2.40. The summed E-state index contributed by atoms with van der Waals surface area (Å²) < 4.78 is 4.95. The summed E-state index contributed by atoms with van der Waals surface area (Å²) in [5, 5.41) is 9.99. The van der Waals surface area contributed by atoms with Crippen LogP contribution in [0.3, 0.4) is 0 Å². The minimum absolute atomic E-state index is 0.00665. The van der Waals surface area contributed by atoms with Gasteiger partial charge in [0.05, 0.1) is 18.2 Å². The van der Waals surface area contributed by atoms with E-state index >= 15 is 0 Å². The van der Waals surface area contributed by atoms with Gasteiger partial charge in [-0.15, -0.1) is 0 Å². The molecule has 0 aromatic heterocycles. The van der Waals surface area contributed by atoms with Gasteiger partial charge in [0.2, 0.25) is 11.8 Å². The molecule has 0 saturated carbocycles. The van der Waals surface area contributed by atoms with Crippen LogP contribution in [0, 0.1) is 0 Å². The van der Waals surface area contributed by atoms with Gasteiger partial charge < -0.3 is 19.6 Å². The van der Waals surface area contributed by atoms with E-state index in [9.17, 15) is 14.7 Å². The van der Waals surface area contributed by atoms with Crippen molar-refractivity contribution >= 4 is 11.8 Å². The van der Waals surface area contributed by atoms with Crippen molar-refractivity contribution in [2.24, 2.45) is 0 Å². The third kappa shape index (κ3) is 3.12. The van der Waals surface area contributed by atoms with Gasteiger partial charge in [-0.05, 0) is 16.7 Å². The van der Waals surface area contributed by atoms with Crippen molar-refractivity contribution in [2.75, 3.05) is 33.4 Å². The average molecular weight is 394 g/mol. The van der Waals surface area contributed by atoms with Crippen molar-refractivity contribution < 1.29 is 19.4 Å². The van der Waals surface area contributed by atoms with E-state index in [1.165, 1.54) is 14.0 Å². The number of ether oxygens (including phenoxy) is 1. The van der Waals surface area contributed by atoms with E-state index in [4.69, 9.17) is 4.74 Å². The molecule has 0 unspecified atom stereocenters. The molecule has 2 aliphatic rings. The van der Waals surface area contributed by atoms with Crippen LogP contribution in [-0.2, 0) is 14.3 Å². The molecule has 2 heterocycles. The second kappa shape index (κ2) is 7.61. The molecule has 29 heavy (non-hydrogen) atoms. The molecule has 2 fully saturated rings. The number of methoxy groups -OCH3 is 1. The van der Waals surface area contributed by atoms with E-state index in [0.717, 1.165) is 16.7 Å². The summed E-state index contributed by atoms with van der Waals surface area (Å²) in [5.74, 6) is -0.153. The van der Waals surface area contributed by atoms with Crippen LogP contribution < -0.4 is 0 Å². The zero-order chi connectivity index (χ0) is 20.6. The Morgan fingerprint density at radius 1 is 1.07 bits per heavy atom. The predicted octanol–water partition coefficient (Wildman–Crippen LogP) is 1.89. The lowest BCUT2D eigenvalue weighted by Gasteiger charge is -2.70. The molecule has 1 spiro atoms. The number of hydrogen-bond donors (Lipinski definition) is 1. The zero-order valence-electron chi connectivity index (χ0n) is 16.7. The normalized spacial score (nSPS) is 22.2. The summed E-state index contributed by atoms with van der Waals surface area (Å²) >= 11 is 0. The third-order valence-electron chi connectivity index (χ3n) is 6.23. The number of likely N-dealkylation sites (tertiary alicyclic amines) is 2. The van der Waals surface area contributed by atoms with Crippen molar-refractivity contribution in [3.63, 3.8) is 0 Å². The molecule has 2 saturated heterocycles. The molecular formula is C23H26N2O4. The summed E-state index contributed by atoms with van der Waals surface area (Å²) in [6, 6.07) is 18.2. The molecule has 6 nitrogen and oxygen atoms in total. The number of aliphatic hydroxyl groups excluding tert-OH is 1. The Kier molecular flexibility index (Phi) is 5.15. The van der Waals surface area contributed by atoms with E-state index in [0.29, 0.717) is 13.1 Å². The maximum absolute atomic E-state index is 12.3. The van der Waals surface area contributed by atoms with E-state index in [1.807, 2.05) is 18.2 Å². The van der Waals surface area contributed by atoms with E-state index < -0.39 is 5.54 Å². The standard InChI is InChI=1S/C23H26N2O4/c1-16(27)25-20(12-26)22(23(25)14-24(15-23)21(28)13-29-2)19-10-8-18(9-11-19)17-6-4-3-5-7-17/h3-11,20,22,26H,12-15H2,1-2H3/t20-,22+/m0/s1. The fourth-order valence-corrected chi connectivity index (χ4v) is 5.04. The highest BCUT2D eigenvalue weighted by atomic mass is 16.5. The molecule has 2 aliphatic heterocycles. The van der Waals surface area contributed by atoms with Gasteiger partial charge in [-0.3, -0.25) is 9.59 Å². The molecule has 2 atom stereocenters. The quantitative estimate of drug-likeness (QED) is 0.841. The van der Waals surface area contributed by atoms with Crippen LogP contribution in [0.4, 0.5) is 0 Å². The summed E-state index contributed by atoms with van der Waals surface area (Å²) in [4.78, 5) is 28.0. The van der Waals surface area contributed by atoms with Gasteiger partial charge in [-0.1, -0.05) is 54.6 Å². The first-order chi connectivity index (χ1) is 14.0. The number of aliphatic hydroxyl groups is 1. The van der Waals surface area contributed by atoms with Crippen LogP contribution >= 0.6 is 0 Å². The van der Waals surface area contributed by atoms with Gasteiger partial charge >= 0.3 is 0 Å². The van der Waals surface area contributed by atoms with Gasteiger partial charge in [-0.25, -0.2) is 0 Å². The molecule has 0 bridgehead atoms. The lowest BCUT2D eigenvalue weighted by molar-refractivity contribution is -0.202. The molecule has 0 radical (unpaired) electrons. The smallest absolute Gasteiger partial charge is 0.248 e. The minimum Gasteiger partial charge on any atom is -0.394 e. The number of nitrogens with zero attached hydrogens (tertiary/aromatic N) is 2. The van der Waals surface area contributed by atoms with E-state index in [-0.39, 0.29) is 37.0 Å². The van der Waals surface area contributed by atoms with Crippen LogP contribution in [0.15, 0.2) is 54.6 Å². The topological polar surface area (TPSA) is 70.1 Å². The van der Waals surface area contributed by atoms with Crippen LogP contribution in [0.25, 0.3) is 11.1 Å². The lowest BCUT2D eigenvalue weighted by atomic mass is 9.60. The van der Waals surface area contributed by atoms with Crippen LogP contribution in [0.5, 0.6) is 0 Å². The van der Waals surface area contributed by atoms with Crippen molar-refractivity contribution in [3.8, 4) is 11.1 Å². The predicted molar refractivity (Wildman–Crippen MR) is 109 cm³/mol. The molecule has 152 valence electrons. The Bertz CT molecular complexity index is 891. The second-order valence-corrected chi connectivity index (χ2v) is 7.89. The Hall–Kier alpha value is -2.70. The van der Waals surface area contributed by atoms with E-state index in [2.05, 4.69) is 36.4 Å². The highest BCUT2D eigenvalue weighted by Gasteiger charge is 2.67. The first-order valence-electron chi connectivity index (χ1n) is 9.84. The van der Waals surface area contributed by atoms with Crippen molar-refractivity contribution in [1.29, 1.82) is 0 Å². The third-order valence-corrected chi connectivity index (χ3v) is 6.23. The molecule has 6 heteroatoms. The Labute approximate surface area is 170 Å². The van der Waals surface area contributed by atoms with Crippen LogP contribution in [0.2, 0.25) is 0 Å². The van der Waals surface area contributed by atoms with Gasteiger partial charge in [0.15, 0.2) is 0 Å². The summed E-state index contributed by atoms with van der Waals surface area (Å²) in [6.07, 6.45) is 0. The van der Waals surface area contributed by atoms with Crippen LogP contribution in [-0.4, -0.2) is 71.7 Å². The van der Waals surface area contributed by atoms with Crippen molar-refractivity contribution in [1.82, 2.24) is 9.80 Å². The van der Waals surface area contributed by atoms with E-state index in [1.54, 1.807) is 9.80 Å². The zero-order valence-corrected chi connectivity index (χ0v) is 16.7. The molecule has 2 aromatic carbocycles. The number of carbonyl (C=O) groups is 2. The lowest BCUT2D eigenvalue weighted by Crippen LogP contribution is -2.85. The first-order valence-corrected chi connectivity index (χ1v) is 9.84. The number of rotatable bonds is 5. The van der Waals surface area contributed by atoms with Gasteiger partial charge in [0.25, 0.3) is 0 Å². The van der Waals surface area contributed by atoms with Crippen molar-refractivity contribution in [2.45, 2.75) is 24.4 Å². The molecule has 0 aliphatic carbocycles. The maximum Gasteiger partial charge on any atom is 0.248 e. The number of carbonyl (C=O) groups excluding carboxylic acids is 2. The summed E-state index contributed by atoms with van der Waals surface area (Å²) in [7, 11) is 1.50. The Balaban J connectivity index is 1.61. The number of amides is 2. The fraction of sp³-hybridized carbons (Fsp3) is 0.391. The monoisotopic (exact) mass is 394 g/mol. The average Bonchev–Trinajstić information content (AvgIpc) is 2.67. The van der Waals surface area contributed by atoms with Crippen LogP contribution in [0.1, 0.15) is 18.4 Å². The SMILES string of the molecule is COCC(=O)N1CC2(C1)[C@H](c1ccc(-c3ccccc3)cc1)[C@H](CO)N2C(C)=O. The highest BCUT2D eigenvalue weighted by molar-refractivity contribution is 5.82. The fourth-order valence-electron chi connectivity index (χ4n) is 5.04. The summed E-state index contributed by atoms with van der Waals surface area (Å²) in [5.41, 5.74) is 2.90. The maximum atomic E-state index is 12.3. The molecule has 2 aromatic rings. The Morgan fingerprint density at radius 3 is 2.24 bits per heavy atom. The minimum atomic E-state index is -0.448. The van der Waals surface area contributed by atoms with Gasteiger partial charge in [0.1, 0.15) is 6.61 Å². The highest BCUT2D eigenvalue weighted by Crippen LogP contribution is 2.53. The van der Waals surface area contributed by atoms with Gasteiger partial charge in [0, 0.05) is 33.0 Å². The molecule has 1 N–H and O–H groups in total. The largest absolute Gasteiger partial charge is 0.394 e. The van der Waals surface area contributed by atoms with Gasteiger partial charge in [-0.2, -0.15) is 0 Å². The molecular weight excluding hydrogens is 368 g/mol. The number of hydrogen-bond acceptors (Lipinski definition) is 4. The van der Waals surface area contributed by atoms with Crippen molar-refractivity contribution in [3.05, 3.63) is 60.2 Å². The number of benzene rings is 2. The Morgan fingerprint density at radius 2 is 1.69 bits per heavy atom. The molecule has 2 amide bonds. The second-order valence-electron chi connectivity index (χ2n) is 7.89. The molecule has 4 rings (SSSR count).